The monoisotopic (exact) mass is 286 g/mol. The quantitative estimate of drug-likeness (QED) is 0.904. The lowest BCUT2D eigenvalue weighted by Crippen LogP contribution is -2.46. The highest BCUT2D eigenvalue weighted by Crippen LogP contribution is 2.48. The fraction of sp³-hybridized carbons (Fsp3) is 0.529. The van der Waals surface area contributed by atoms with Gasteiger partial charge in [-0.3, -0.25) is 9.59 Å². The van der Waals surface area contributed by atoms with Gasteiger partial charge < -0.3 is 10.6 Å². The van der Waals surface area contributed by atoms with E-state index in [1.165, 1.54) is 0 Å². The van der Waals surface area contributed by atoms with E-state index in [1.807, 2.05) is 24.3 Å². The summed E-state index contributed by atoms with van der Waals surface area (Å²) in [5, 5.41) is 0. The minimum Gasteiger partial charge on any atom is -0.368 e. The average Bonchev–Trinajstić information content (AvgIpc) is 3.08. The van der Waals surface area contributed by atoms with Crippen LogP contribution in [0.25, 0.3) is 0 Å². The van der Waals surface area contributed by atoms with Crippen molar-refractivity contribution in [3.05, 3.63) is 35.4 Å². The predicted octanol–water partition coefficient (Wildman–Crippen LogP) is 2.07. The molecule has 2 N–H and O–H groups in total. The topological polar surface area (TPSA) is 63.4 Å². The first-order valence-electron chi connectivity index (χ1n) is 7.51. The largest absolute Gasteiger partial charge is 0.368 e. The van der Waals surface area contributed by atoms with Crippen molar-refractivity contribution in [3.8, 4) is 0 Å². The number of hydrogen-bond donors (Lipinski definition) is 1. The van der Waals surface area contributed by atoms with E-state index in [-0.39, 0.29) is 23.3 Å². The van der Waals surface area contributed by atoms with E-state index in [1.54, 1.807) is 4.90 Å². The van der Waals surface area contributed by atoms with Crippen LogP contribution in [0.15, 0.2) is 24.3 Å². The van der Waals surface area contributed by atoms with Crippen molar-refractivity contribution in [3.63, 3.8) is 0 Å². The number of rotatable bonds is 2. The third kappa shape index (κ3) is 2.43. The molecular formula is C17H22N2O2. The summed E-state index contributed by atoms with van der Waals surface area (Å²) in [6.07, 6.45) is 1.74. The van der Waals surface area contributed by atoms with Gasteiger partial charge >= 0.3 is 0 Å². The molecule has 3 rings (SSSR count). The van der Waals surface area contributed by atoms with Crippen molar-refractivity contribution in [1.82, 2.24) is 4.90 Å². The third-order valence-corrected chi connectivity index (χ3v) is 4.64. The van der Waals surface area contributed by atoms with Gasteiger partial charge in [-0.15, -0.1) is 0 Å². The van der Waals surface area contributed by atoms with Gasteiger partial charge in [-0.05, 0) is 41.9 Å². The number of piperidine rings is 1. The fourth-order valence-electron chi connectivity index (χ4n) is 3.27. The molecule has 1 aliphatic heterocycles. The van der Waals surface area contributed by atoms with Gasteiger partial charge in [0.25, 0.3) is 5.91 Å². The molecule has 112 valence electrons. The van der Waals surface area contributed by atoms with Crippen LogP contribution in [0, 0.1) is 5.92 Å². The Morgan fingerprint density at radius 1 is 1.24 bits per heavy atom. The summed E-state index contributed by atoms with van der Waals surface area (Å²) >= 11 is 0. The second kappa shape index (κ2) is 4.58. The maximum absolute atomic E-state index is 12.8. The molecule has 1 saturated heterocycles. The van der Waals surface area contributed by atoms with E-state index < -0.39 is 6.04 Å². The van der Waals surface area contributed by atoms with Gasteiger partial charge in [-0.1, -0.05) is 32.9 Å². The summed E-state index contributed by atoms with van der Waals surface area (Å²) < 4.78 is 0. The van der Waals surface area contributed by atoms with E-state index in [9.17, 15) is 9.59 Å². The highest BCUT2D eigenvalue weighted by Gasteiger charge is 2.55. The van der Waals surface area contributed by atoms with Gasteiger partial charge in [0.05, 0.1) is 0 Å². The summed E-state index contributed by atoms with van der Waals surface area (Å²) in [4.78, 5) is 26.1. The average molecular weight is 286 g/mol. The third-order valence-electron chi connectivity index (χ3n) is 4.64. The maximum atomic E-state index is 12.8. The molecule has 1 saturated carbocycles. The SMILES string of the molecule is CC(C)(C)c1cccc(C(=O)N2C(C(N)=O)CC3CC32)c1. The number of carbonyl (C=O) groups is 2. The number of nitrogens with two attached hydrogens (primary N) is 1. The number of benzene rings is 1. The molecule has 2 amide bonds. The Balaban J connectivity index is 1.90. The number of primary amides is 1. The molecule has 2 fully saturated rings. The molecular weight excluding hydrogens is 264 g/mol. The van der Waals surface area contributed by atoms with Crippen LogP contribution in [0.2, 0.25) is 0 Å². The van der Waals surface area contributed by atoms with Crippen molar-refractivity contribution < 1.29 is 9.59 Å². The molecule has 0 aromatic heterocycles. The zero-order valence-corrected chi connectivity index (χ0v) is 12.8. The van der Waals surface area contributed by atoms with Crippen LogP contribution in [-0.4, -0.2) is 28.8 Å². The lowest BCUT2D eigenvalue weighted by molar-refractivity contribution is -0.122. The van der Waals surface area contributed by atoms with Crippen molar-refractivity contribution in [2.75, 3.05) is 0 Å². The Morgan fingerprint density at radius 3 is 2.57 bits per heavy atom. The van der Waals surface area contributed by atoms with Crippen LogP contribution in [0.3, 0.4) is 0 Å². The van der Waals surface area contributed by atoms with Crippen molar-refractivity contribution >= 4 is 11.8 Å². The number of amides is 2. The summed E-state index contributed by atoms with van der Waals surface area (Å²) in [7, 11) is 0. The van der Waals surface area contributed by atoms with Crippen molar-refractivity contribution in [2.24, 2.45) is 11.7 Å². The second-order valence-corrected chi connectivity index (χ2v) is 7.26. The number of likely N-dealkylation sites (tertiary alicyclic amines) is 1. The van der Waals surface area contributed by atoms with E-state index in [2.05, 4.69) is 20.8 Å². The molecule has 3 atom stereocenters. The smallest absolute Gasteiger partial charge is 0.254 e. The Kier molecular flexibility index (Phi) is 3.08. The lowest BCUT2D eigenvalue weighted by atomic mass is 9.86. The van der Waals surface area contributed by atoms with E-state index in [0.717, 1.165) is 18.4 Å². The van der Waals surface area contributed by atoms with Gasteiger partial charge in [0, 0.05) is 11.6 Å². The van der Waals surface area contributed by atoms with Crippen molar-refractivity contribution in [1.29, 1.82) is 0 Å². The molecule has 3 unspecified atom stereocenters. The van der Waals surface area contributed by atoms with Crippen LogP contribution in [0.1, 0.15) is 49.5 Å². The van der Waals surface area contributed by atoms with Gasteiger partial charge in [-0.2, -0.15) is 0 Å². The number of hydrogen-bond acceptors (Lipinski definition) is 2. The zero-order chi connectivity index (χ0) is 15.4. The van der Waals surface area contributed by atoms with E-state index in [4.69, 9.17) is 5.73 Å². The zero-order valence-electron chi connectivity index (χ0n) is 12.8. The summed E-state index contributed by atoms with van der Waals surface area (Å²) in [5.41, 5.74) is 7.22. The second-order valence-electron chi connectivity index (χ2n) is 7.26. The van der Waals surface area contributed by atoms with Crippen LogP contribution in [0.4, 0.5) is 0 Å². The van der Waals surface area contributed by atoms with E-state index >= 15 is 0 Å². The van der Waals surface area contributed by atoms with Gasteiger partial charge in [-0.25, -0.2) is 0 Å². The summed E-state index contributed by atoms with van der Waals surface area (Å²) in [6, 6.07) is 7.49. The van der Waals surface area contributed by atoms with Crippen LogP contribution in [-0.2, 0) is 10.2 Å². The molecule has 1 aromatic carbocycles. The molecule has 0 spiro atoms. The van der Waals surface area contributed by atoms with Crippen LogP contribution >= 0.6 is 0 Å². The Morgan fingerprint density at radius 2 is 1.95 bits per heavy atom. The molecule has 2 aliphatic rings. The molecule has 4 heteroatoms. The van der Waals surface area contributed by atoms with E-state index in [0.29, 0.717) is 11.5 Å². The standard InChI is InChI=1S/C17H22N2O2/c1-17(2,3)12-6-4-5-10(7-12)16(21)19-13-8-11(13)9-14(19)15(18)20/h4-7,11,13-14H,8-9H2,1-3H3,(H2,18,20). The first-order chi connectivity index (χ1) is 9.79. The lowest BCUT2D eigenvalue weighted by Gasteiger charge is -2.26. The highest BCUT2D eigenvalue weighted by molar-refractivity contribution is 5.98. The predicted molar refractivity (Wildman–Crippen MR) is 80.8 cm³/mol. The summed E-state index contributed by atoms with van der Waals surface area (Å²) in [6.45, 7) is 6.36. The Hall–Kier alpha value is -1.84. The highest BCUT2D eigenvalue weighted by atomic mass is 16.2. The van der Waals surface area contributed by atoms with Gasteiger partial charge in [0.1, 0.15) is 6.04 Å². The number of carbonyl (C=O) groups excluding carboxylic acids is 2. The molecule has 1 aromatic rings. The number of fused-ring (bicyclic) bond motifs is 1. The molecule has 4 nitrogen and oxygen atoms in total. The van der Waals surface area contributed by atoms with Crippen molar-refractivity contribution in [2.45, 2.75) is 51.1 Å². The fourth-order valence-corrected chi connectivity index (χ4v) is 3.27. The first-order valence-corrected chi connectivity index (χ1v) is 7.51. The molecule has 0 radical (unpaired) electrons. The maximum Gasteiger partial charge on any atom is 0.254 e. The minimum atomic E-state index is -0.431. The van der Waals surface area contributed by atoms with Crippen LogP contribution in [0.5, 0.6) is 0 Å². The van der Waals surface area contributed by atoms with Gasteiger partial charge in [0.15, 0.2) is 0 Å². The molecule has 21 heavy (non-hydrogen) atoms. The Bertz CT molecular complexity index is 603. The normalized spacial score (nSPS) is 27.4. The first kappa shape index (κ1) is 14.1. The van der Waals surface area contributed by atoms with Gasteiger partial charge in [0.2, 0.25) is 5.91 Å². The number of nitrogens with zero attached hydrogens (tertiary/aromatic N) is 1. The summed E-state index contributed by atoms with van der Waals surface area (Å²) in [5.74, 6) is 0.0228. The molecule has 1 aliphatic carbocycles. The molecule has 1 heterocycles. The molecule has 0 bridgehead atoms. The Labute approximate surface area is 125 Å². The minimum absolute atomic E-state index is 0.00744. The van der Waals surface area contributed by atoms with Crippen LogP contribution < -0.4 is 5.73 Å².